The predicted octanol–water partition coefficient (Wildman–Crippen LogP) is 1.28. The van der Waals surface area contributed by atoms with Crippen LogP contribution in [0.25, 0.3) is 0 Å². The van der Waals surface area contributed by atoms with Gasteiger partial charge in [-0.1, -0.05) is 12.1 Å². The van der Waals surface area contributed by atoms with E-state index in [9.17, 15) is 22.3 Å². The van der Waals surface area contributed by atoms with Crippen LogP contribution >= 0.6 is 0 Å². The second-order valence-electron chi connectivity index (χ2n) is 4.43. The van der Waals surface area contributed by atoms with E-state index in [1.807, 2.05) is 0 Å². The highest BCUT2D eigenvalue weighted by molar-refractivity contribution is 7.91. The molecule has 0 aromatic heterocycles. The van der Waals surface area contributed by atoms with Crippen molar-refractivity contribution in [1.82, 2.24) is 0 Å². The fourth-order valence-electron chi connectivity index (χ4n) is 2.05. The van der Waals surface area contributed by atoms with Crippen LogP contribution in [0.5, 0.6) is 0 Å². The minimum atomic E-state index is -3.38. The molecule has 1 saturated heterocycles. The Balaban J connectivity index is 2.52. The minimum Gasteiger partial charge on any atom is -0.384 e. The Morgan fingerprint density at radius 2 is 1.94 bits per heavy atom. The first-order valence-electron chi connectivity index (χ1n) is 5.13. The fraction of sp³-hybridized carbons (Fsp3) is 0.455. The monoisotopic (exact) mass is 262 g/mol. The first-order chi connectivity index (χ1) is 7.75. The van der Waals surface area contributed by atoms with Gasteiger partial charge in [-0.25, -0.2) is 17.2 Å². The molecule has 3 nitrogen and oxygen atoms in total. The van der Waals surface area contributed by atoms with Gasteiger partial charge in [-0.2, -0.15) is 0 Å². The zero-order valence-electron chi connectivity index (χ0n) is 9.20. The average molecular weight is 262 g/mol. The van der Waals surface area contributed by atoms with Crippen molar-refractivity contribution in [2.24, 2.45) is 0 Å². The molecule has 1 atom stereocenters. The third kappa shape index (κ3) is 2.07. The summed E-state index contributed by atoms with van der Waals surface area (Å²) in [6.07, 6.45) is -0.102. The maximum atomic E-state index is 13.7. The van der Waals surface area contributed by atoms with Gasteiger partial charge in [-0.15, -0.1) is 0 Å². The largest absolute Gasteiger partial charge is 0.384 e. The Morgan fingerprint density at radius 1 is 1.29 bits per heavy atom. The number of aryl methyl sites for hydroxylation is 1. The van der Waals surface area contributed by atoms with Crippen molar-refractivity contribution < 1.29 is 22.3 Å². The van der Waals surface area contributed by atoms with E-state index in [1.54, 1.807) is 0 Å². The normalized spacial score (nSPS) is 27.3. The van der Waals surface area contributed by atoms with Crippen LogP contribution in [-0.2, 0) is 15.4 Å². The molecular weight excluding hydrogens is 250 g/mol. The van der Waals surface area contributed by atoms with Crippen molar-refractivity contribution in [3.8, 4) is 0 Å². The molecule has 0 bridgehead atoms. The molecule has 1 unspecified atom stereocenters. The van der Waals surface area contributed by atoms with Crippen LogP contribution in [0.1, 0.15) is 17.5 Å². The number of sulfone groups is 1. The van der Waals surface area contributed by atoms with Gasteiger partial charge >= 0.3 is 0 Å². The third-order valence-corrected chi connectivity index (χ3v) is 4.81. The third-order valence-electron chi connectivity index (χ3n) is 3.06. The van der Waals surface area contributed by atoms with Crippen LogP contribution in [0.4, 0.5) is 8.78 Å². The second-order valence-corrected chi connectivity index (χ2v) is 6.62. The minimum absolute atomic E-state index is 0.102. The molecule has 1 aromatic rings. The van der Waals surface area contributed by atoms with Crippen molar-refractivity contribution in [1.29, 1.82) is 0 Å². The highest BCUT2D eigenvalue weighted by Crippen LogP contribution is 2.35. The van der Waals surface area contributed by atoms with E-state index in [4.69, 9.17) is 0 Å². The van der Waals surface area contributed by atoms with Gasteiger partial charge in [0.1, 0.15) is 5.60 Å². The Labute approximate surface area is 98.0 Å². The van der Waals surface area contributed by atoms with E-state index < -0.39 is 32.8 Å². The van der Waals surface area contributed by atoms with Crippen LogP contribution in [0, 0.1) is 18.6 Å². The van der Waals surface area contributed by atoms with Gasteiger partial charge in [0.15, 0.2) is 21.5 Å². The summed E-state index contributed by atoms with van der Waals surface area (Å²) in [6, 6.07) is 2.57. The highest BCUT2D eigenvalue weighted by Gasteiger charge is 2.44. The van der Waals surface area contributed by atoms with E-state index >= 15 is 0 Å². The molecule has 0 saturated carbocycles. The average Bonchev–Trinajstić information content (AvgIpc) is 2.50. The summed E-state index contributed by atoms with van der Waals surface area (Å²) in [5.41, 5.74) is -1.96. The van der Waals surface area contributed by atoms with Crippen LogP contribution in [0.2, 0.25) is 0 Å². The molecule has 0 radical (unpaired) electrons. The van der Waals surface area contributed by atoms with Crippen LogP contribution in [-0.4, -0.2) is 25.0 Å². The van der Waals surface area contributed by atoms with E-state index in [0.29, 0.717) is 0 Å². The highest BCUT2D eigenvalue weighted by atomic mass is 32.2. The smallest absolute Gasteiger partial charge is 0.165 e. The number of hydrogen-bond acceptors (Lipinski definition) is 3. The lowest BCUT2D eigenvalue weighted by molar-refractivity contribution is 0.0606. The number of aliphatic hydroxyl groups is 1. The van der Waals surface area contributed by atoms with Gasteiger partial charge in [-0.3, -0.25) is 0 Å². The predicted molar refractivity (Wildman–Crippen MR) is 58.3 cm³/mol. The zero-order chi connectivity index (χ0) is 12.8. The Hall–Kier alpha value is -1.01. The molecule has 1 fully saturated rings. The molecule has 2 rings (SSSR count). The van der Waals surface area contributed by atoms with E-state index in [2.05, 4.69) is 0 Å². The molecular formula is C11H12F2O3S. The van der Waals surface area contributed by atoms with Gasteiger partial charge < -0.3 is 5.11 Å². The maximum Gasteiger partial charge on any atom is 0.165 e. The lowest BCUT2D eigenvalue weighted by Gasteiger charge is -2.22. The molecule has 0 spiro atoms. The molecule has 6 heteroatoms. The molecule has 1 aliphatic heterocycles. The lowest BCUT2D eigenvalue weighted by Crippen LogP contribution is -2.28. The van der Waals surface area contributed by atoms with Crippen LogP contribution < -0.4 is 0 Å². The quantitative estimate of drug-likeness (QED) is 0.829. The van der Waals surface area contributed by atoms with E-state index in [1.165, 1.54) is 19.1 Å². The van der Waals surface area contributed by atoms with Gasteiger partial charge in [0.05, 0.1) is 11.5 Å². The summed E-state index contributed by atoms with van der Waals surface area (Å²) >= 11 is 0. The number of hydrogen-bond donors (Lipinski definition) is 1. The van der Waals surface area contributed by atoms with Gasteiger partial charge in [0, 0.05) is 5.56 Å². The van der Waals surface area contributed by atoms with Gasteiger partial charge in [0.2, 0.25) is 0 Å². The number of rotatable bonds is 1. The van der Waals surface area contributed by atoms with Crippen molar-refractivity contribution in [3.05, 3.63) is 34.9 Å². The van der Waals surface area contributed by atoms with Crippen molar-refractivity contribution >= 4 is 9.84 Å². The van der Waals surface area contributed by atoms with Crippen molar-refractivity contribution in [3.63, 3.8) is 0 Å². The Bertz CT molecular complexity index is 568. The standard InChI is InChI=1S/C11H12F2O3S/c1-7-2-3-8(10(13)9(7)12)11(14)4-5-17(15,16)6-11/h2-3,14H,4-6H2,1H3. The number of benzene rings is 1. The summed E-state index contributed by atoms with van der Waals surface area (Å²) in [5, 5.41) is 10.1. The molecule has 1 aliphatic rings. The molecule has 94 valence electrons. The maximum absolute atomic E-state index is 13.7. The summed E-state index contributed by atoms with van der Waals surface area (Å²) in [6.45, 7) is 1.40. The first kappa shape index (κ1) is 12.4. The first-order valence-corrected chi connectivity index (χ1v) is 6.95. The molecule has 1 heterocycles. The molecule has 0 amide bonds. The van der Waals surface area contributed by atoms with Crippen molar-refractivity contribution in [2.45, 2.75) is 18.9 Å². The van der Waals surface area contributed by atoms with Gasteiger partial charge in [0.25, 0.3) is 0 Å². The molecule has 17 heavy (non-hydrogen) atoms. The summed E-state index contributed by atoms with van der Waals surface area (Å²) in [4.78, 5) is 0. The van der Waals surface area contributed by atoms with Gasteiger partial charge in [-0.05, 0) is 18.9 Å². The lowest BCUT2D eigenvalue weighted by atomic mass is 9.92. The topological polar surface area (TPSA) is 54.4 Å². The molecule has 0 aliphatic carbocycles. The Morgan fingerprint density at radius 3 is 2.47 bits per heavy atom. The molecule has 1 aromatic carbocycles. The van der Waals surface area contributed by atoms with Crippen LogP contribution in [0.3, 0.4) is 0 Å². The summed E-state index contributed by atoms with van der Waals surface area (Å²) < 4.78 is 49.7. The van der Waals surface area contributed by atoms with E-state index in [-0.39, 0.29) is 23.3 Å². The second kappa shape index (κ2) is 3.74. The Kier molecular flexibility index (Phi) is 2.74. The summed E-state index contributed by atoms with van der Waals surface area (Å²) in [5.74, 6) is -2.97. The number of halogens is 2. The SMILES string of the molecule is Cc1ccc(C2(O)CCS(=O)(=O)C2)c(F)c1F. The zero-order valence-corrected chi connectivity index (χ0v) is 10.0. The summed E-state index contributed by atoms with van der Waals surface area (Å²) in [7, 11) is -3.38. The van der Waals surface area contributed by atoms with Crippen LogP contribution in [0.15, 0.2) is 12.1 Å². The van der Waals surface area contributed by atoms with E-state index in [0.717, 1.165) is 0 Å². The fourth-order valence-corrected chi connectivity index (χ4v) is 3.87. The molecule has 1 N–H and O–H groups in total. The van der Waals surface area contributed by atoms with Crippen molar-refractivity contribution in [2.75, 3.05) is 11.5 Å².